The number of nitrogens with zero attached hydrogens (tertiary/aromatic N) is 2. The molecule has 0 saturated heterocycles. The number of para-hydroxylation sites is 2. The number of fused-ring (bicyclic) bond motifs is 17. The summed E-state index contributed by atoms with van der Waals surface area (Å²) in [6.07, 6.45) is 0. The Morgan fingerprint density at radius 3 is 1.86 bits per heavy atom. The zero-order chi connectivity index (χ0) is 33.2. The summed E-state index contributed by atoms with van der Waals surface area (Å²) in [5.41, 5.74) is 7.23. The molecule has 0 amide bonds. The summed E-state index contributed by atoms with van der Waals surface area (Å²) >= 11 is 1.84. The molecule has 4 heteroatoms. The lowest BCUT2D eigenvalue weighted by Crippen LogP contribution is -1.95. The maximum absolute atomic E-state index is 6.64. The van der Waals surface area contributed by atoms with Gasteiger partial charge in [-0.05, 0) is 64.0 Å². The molecule has 8 aromatic carbocycles. The Kier molecular flexibility index (Phi) is 5.38. The van der Waals surface area contributed by atoms with Crippen LogP contribution in [0.15, 0.2) is 162 Å². The molecule has 236 valence electrons. The first kappa shape index (κ1) is 27.3. The Morgan fingerprint density at radius 2 is 1.08 bits per heavy atom. The lowest BCUT2D eigenvalue weighted by atomic mass is 9.90. The van der Waals surface area contributed by atoms with Crippen LogP contribution in [0.2, 0.25) is 0 Å². The van der Waals surface area contributed by atoms with Gasteiger partial charge in [0, 0.05) is 53.7 Å². The first-order valence-corrected chi connectivity index (χ1v) is 18.1. The molecule has 3 nitrogen and oxygen atoms in total. The summed E-state index contributed by atoms with van der Waals surface area (Å²) in [4.78, 5) is 6.61. The Hall–Kier alpha value is -6.49. The fourth-order valence-corrected chi connectivity index (χ4v) is 9.85. The van der Waals surface area contributed by atoms with Crippen LogP contribution in [-0.4, -0.2) is 9.55 Å². The summed E-state index contributed by atoms with van der Waals surface area (Å²) in [5.74, 6) is 0. The van der Waals surface area contributed by atoms with Crippen molar-refractivity contribution in [2.24, 2.45) is 0 Å². The van der Waals surface area contributed by atoms with Crippen LogP contribution in [0.4, 0.5) is 0 Å². The minimum Gasteiger partial charge on any atom is -0.455 e. The molecule has 4 heterocycles. The Balaban J connectivity index is 1.15. The Bertz CT molecular complexity index is 3420. The van der Waals surface area contributed by atoms with Crippen LogP contribution in [0.1, 0.15) is 0 Å². The molecular formula is C47H26N2OS. The average Bonchev–Trinajstić information content (AvgIpc) is 3.86. The topological polar surface area (TPSA) is 31.0 Å². The lowest BCUT2D eigenvalue weighted by molar-refractivity contribution is 0.673. The van der Waals surface area contributed by atoms with Gasteiger partial charge in [0.1, 0.15) is 16.0 Å². The first-order valence-electron chi connectivity index (χ1n) is 17.3. The number of benzene rings is 8. The monoisotopic (exact) mass is 666 g/mol. The maximum atomic E-state index is 6.64. The molecule has 0 spiro atoms. The predicted molar refractivity (Wildman–Crippen MR) is 217 cm³/mol. The van der Waals surface area contributed by atoms with Crippen molar-refractivity contribution in [2.45, 2.75) is 0 Å². The highest BCUT2D eigenvalue weighted by molar-refractivity contribution is 7.25. The van der Waals surface area contributed by atoms with Crippen LogP contribution in [0.25, 0.3) is 113 Å². The smallest absolute Gasteiger partial charge is 0.145 e. The second kappa shape index (κ2) is 10.0. The quantitative estimate of drug-likeness (QED) is 0.172. The second-order valence-corrected chi connectivity index (χ2v) is 14.4. The van der Waals surface area contributed by atoms with Gasteiger partial charge in [-0.3, -0.25) is 0 Å². The standard InChI is InChI=1S/C47H26N2OS/c1-3-14-32-29(11-1)30-12-2-4-15-33(30)42-41(32)35-16-5-8-18-37(35)48-45(42)27-21-23-28(24-22-27)49-38-26-25-34-31-13-6-9-19-39(31)50-46(34)44(38)43-36-17-7-10-20-40(36)51-47(43)49/h1-26H. The van der Waals surface area contributed by atoms with E-state index in [0.29, 0.717) is 0 Å². The third-order valence-electron chi connectivity index (χ3n) is 10.8. The van der Waals surface area contributed by atoms with Gasteiger partial charge in [-0.15, -0.1) is 11.3 Å². The summed E-state index contributed by atoms with van der Waals surface area (Å²) in [6, 6.07) is 56.7. The van der Waals surface area contributed by atoms with Crippen LogP contribution >= 0.6 is 11.3 Å². The minimum atomic E-state index is 0.917. The molecule has 4 aromatic heterocycles. The van der Waals surface area contributed by atoms with E-state index >= 15 is 0 Å². The van der Waals surface area contributed by atoms with Crippen LogP contribution in [-0.2, 0) is 0 Å². The van der Waals surface area contributed by atoms with Crippen molar-refractivity contribution in [1.82, 2.24) is 9.55 Å². The molecule has 0 aliphatic carbocycles. The number of aromatic nitrogens is 2. The number of pyridine rings is 1. The zero-order valence-corrected chi connectivity index (χ0v) is 28.0. The van der Waals surface area contributed by atoms with Gasteiger partial charge in [0.25, 0.3) is 0 Å². The van der Waals surface area contributed by atoms with Crippen molar-refractivity contribution in [1.29, 1.82) is 0 Å². The Morgan fingerprint density at radius 1 is 0.451 bits per heavy atom. The van der Waals surface area contributed by atoms with Gasteiger partial charge in [0.05, 0.1) is 22.1 Å². The van der Waals surface area contributed by atoms with Crippen molar-refractivity contribution in [2.75, 3.05) is 0 Å². The molecule has 12 aromatic rings. The van der Waals surface area contributed by atoms with Crippen molar-refractivity contribution < 1.29 is 4.42 Å². The van der Waals surface area contributed by atoms with Crippen molar-refractivity contribution in [3.8, 4) is 16.9 Å². The van der Waals surface area contributed by atoms with Gasteiger partial charge in [-0.25, -0.2) is 4.98 Å². The van der Waals surface area contributed by atoms with Gasteiger partial charge < -0.3 is 8.98 Å². The van der Waals surface area contributed by atoms with Gasteiger partial charge in [-0.2, -0.15) is 0 Å². The van der Waals surface area contributed by atoms with E-state index in [0.717, 1.165) is 49.9 Å². The van der Waals surface area contributed by atoms with Gasteiger partial charge in [0.2, 0.25) is 0 Å². The number of thiophene rings is 1. The normalized spacial score (nSPS) is 12.3. The molecular weight excluding hydrogens is 641 g/mol. The van der Waals surface area contributed by atoms with E-state index in [9.17, 15) is 0 Å². The molecule has 0 unspecified atom stereocenters. The summed E-state index contributed by atoms with van der Waals surface area (Å²) < 4.78 is 10.3. The van der Waals surface area contributed by atoms with Gasteiger partial charge in [-0.1, -0.05) is 115 Å². The number of hydrogen-bond donors (Lipinski definition) is 0. The average molecular weight is 667 g/mol. The highest BCUT2D eigenvalue weighted by Gasteiger charge is 2.23. The van der Waals surface area contributed by atoms with E-state index in [1.54, 1.807) is 0 Å². The largest absolute Gasteiger partial charge is 0.455 e. The fourth-order valence-electron chi connectivity index (χ4n) is 8.61. The van der Waals surface area contributed by atoms with Crippen molar-refractivity contribution in [3.63, 3.8) is 0 Å². The lowest BCUT2D eigenvalue weighted by Gasteiger charge is -2.16. The summed E-state index contributed by atoms with van der Waals surface area (Å²) in [6.45, 7) is 0. The van der Waals surface area contributed by atoms with Gasteiger partial charge in [0.15, 0.2) is 0 Å². The third-order valence-corrected chi connectivity index (χ3v) is 11.9. The molecule has 0 saturated carbocycles. The predicted octanol–water partition coefficient (Wildman–Crippen LogP) is 13.6. The summed E-state index contributed by atoms with van der Waals surface area (Å²) in [5, 5.41) is 14.6. The van der Waals surface area contributed by atoms with E-state index in [-0.39, 0.29) is 0 Å². The minimum absolute atomic E-state index is 0.917. The summed E-state index contributed by atoms with van der Waals surface area (Å²) in [7, 11) is 0. The van der Waals surface area contributed by atoms with Crippen molar-refractivity contribution in [3.05, 3.63) is 158 Å². The zero-order valence-electron chi connectivity index (χ0n) is 27.2. The number of hydrogen-bond acceptors (Lipinski definition) is 3. The van der Waals surface area contributed by atoms with Crippen LogP contribution in [0.3, 0.4) is 0 Å². The van der Waals surface area contributed by atoms with Crippen LogP contribution in [0, 0.1) is 0 Å². The highest BCUT2D eigenvalue weighted by Crippen LogP contribution is 2.47. The number of furan rings is 1. The van der Waals surface area contributed by atoms with Crippen molar-refractivity contribution >= 4 is 108 Å². The molecule has 0 radical (unpaired) electrons. The third kappa shape index (κ3) is 3.64. The van der Waals surface area contributed by atoms with Gasteiger partial charge >= 0.3 is 0 Å². The Labute approximate surface area is 295 Å². The van der Waals surface area contributed by atoms with Crippen LogP contribution < -0.4 is 0 Å². The SMILES string of the molecule is c1ccc2c(c1)nc(-c1ccc(-n3c4ccc5c6ccccc6oc5c4c4c5ccccc5sc43)cc1)c1c3ccccc3c3ccccc3c21. The molecule has 0 aliphatic rings. The molecule has 51 heavy (non-hydrogen) atoms. The molecule has 0 N–H and O–H groups in total. The molecule has 12 rings (SSSR count). The molecule has 0 bridgehead atoms. The van der Waals surface area contributed by atoms with Crippen LogP contribution in [0.5, 0.6) is 0 Å². The highest BCUT2D eigenvalue weighted by atomic mass is 32.1. The van der Waals surface area contributed by atoms with E-state index < -0.39 is 0 Å². The maximum Gasteiger partial charge on any atom is 0.145 e. The van der Waals surface area contributed by atoms with E-state index in [1.165, 1.54) is 63.4 Å². The second-order valence-electron chi connectivity index (χ2n) is 13.4. The molecule has 0 fully saturated rings. The van der Waals surface area contributed by atoms with E-state index in [1.807, 2.05) is 17.4 Å². The number of rotatable bonds is 2. The van der Waals surface area contributed by atoms with E-state index in [2.05, 4.69) is 156 Å². The van der Waals surface area contributed by atoms with E-state index in [4.69, 9.17) is 9.40 Å². The first-order chi connectivity index (χ1) is 25.3. The molecule has 0 aliphatic heterocycles. The molecule has 0 atom stereocenters. The fraction of sp³-hybridized carbons (Fsp3) is 0.